The summed E-state index contributed by atoms with van der Waals surface area (Å²) in [7, 11) is 1.97. The van der Waals surface area contributed by atoms with Gasteiger partial charge in [0.25, 0.3) is 0 Å². The molecule has 0 spiro atoms. The number of anilines is 1. The summed E-state index contributed by atoms with van der Waals surface area (Å²) in [6.07, 6.45) is 3.17. The van der Waals surface area contributed by atoms with Gasteiger partial charge in [0.05, 0.1) is 5.69 Å². The molecule has 2 rings (SSSR count). The largest absolute Gasteiger partial charge is 0.369 e. The summed E-state index contributed by atoms with van der Waals surface area (Å²) in [6.45, 7) is 7.49. The summed E-state index contributed by atoms with van der Waals surface area (Å²) in [6, 6.07) is 0. The van der Waals surface area contributed by atoms with Crippen molar-refractivity contribution in [1.82, 2.24) is 19.3 Å². The smallest absolute Gasteiger partial charge is 0.202 e. The third-order valence-corrected chi connectivity index (χ3v) is 3.50. The lowest BCUT2D eigenvalue weighted by Gasteiger charge is -2.11. The SMILES string of the molecule is CCCc1nn(C)c2c1nc(N)n2CC(C)CC. The molecule has 2 heterocycles. The van der Waals surface area contributed by atoms with Crippen LogP contribution in [0.2, 0.25) is 0 Å². The number of hydrogen-bond donors (Lipinski definition) is 1. The van der Waals surface area contributed by atoms with Gasteiger partial charge in [0.1, 0.15) is 5.52 Å². The third-order valence-electron chi connectivity index (χ3n) is 3.50. The Hall–Kier alpha value is -1.52. The Morgan fingerprint density at radius 1 is 1.33 bits per heavy atom. The molecule has 0 aliphatic heterocycles. The van der Waals surface area contributed by atoms with E-state index < -0.39 is 0 Å². The molecule has 2 N–H and O–H groups in total. The minimum Gasteiger partial charge on any atom is -0.369 e. The molecule has 2 aromatic rings. The van der Waals surface area contributed by atoms with Gasteiger partial charge in [0.15, 0.2) is 5.65 Å². The van der Waals surface area contributed by atoms with E-state index in [9.17, 15) is 0 Å². The number of nitrogen functional groups attached to an aromatic ring is 1. The molecule has 0 amide bonds. The highest BCUT2D eigenvalue weighted by molar-refractivity contribution is 5.77. The van der Waals surface area contributed by atoms with E-state index >= 15 is 0 Å². The molecule has 0 fully saturated rings. The average molecular weight is 249 g/mol. The van der Waals surface area contributed by atoms with E-state index in [0.717, 1.165) is 42.7 Å². The lowest BCUT2D eigenvalue weighted by Crippen LogP contribution is -2.12. The molecule has 0 aromatic carbocycles. The van der Waals surface area contributed by atoms with E-state index in [1.807, 2.05) is 11.7 Å². The molecule has 0 aliphatic carbocycles. The van der Waals surface area contributed by atoms with Crippen LogP contribution >= 0.6 is 0 Å². The molecule has 0 aliphatic rings. The Labute approximate surface area is 108 Å². The van der Waals surface area contributed by atoms with Crippen LogP contribution < -0.4 is 5.73 Å². The summed E-state index contributed by atoms with van der Waals surface area (Å²) in [5.74, 6) is 1.20. The van der Waals surface area contributed by atoms with E-state index in [4.69, 9.17) is 5.73 Å². The standard InChI is InChI=1S/C13H23N5/c1-5-7-10-11-12(17(4)16-10)18(13(14)15-11)8-9(3)6-2/h9H,5-8H2,1-4H3,(H2,14,15). The van der Waals surface area contributed by atoms with Gasteiger partial charge in [-0.25, -0.2) is 4.98 Å². The monoisotopic (exact) mass is 249 g/mol. The van der Waals surface area contributed by atoms with Gasteiger partial charge in [0.2, 0.25) is 5.95 Å². The molecular formula is C13H23N5. The number of fused-ring (bicyclic) bond motifs is 1. The Balaban J connectivity index is 2.49. The number of nitrogens with zero attached hydrogens (tertiary/aromatic N) is 4. The zero-order valence-electron chi connectivity index (χ0n) is 11.8. The number of hydrogen-bond acceptors (Lipinski definition) is 3. The summed E-state index contributed by atoms with van der Waals surface area (Å²) >= 11 is 0. The van der Waals surface area contributed by atoms with Gasteiger partial charge in [-0.1, -0.05) is 33.6 Å². The Morgan fingerprint density at radius 3 is 2.67 bits per heavy atom. The molecule has 100 valence electrons. The van der Waals surface area contributed by atoms with Crippen molar-refractivity contribution in [2.75, 3.05) is 5.73 Å². The fourth-order valence-corrected chi connectivity index (χ4v) is 2.28. The molecule has 5 nitrogen and oxygen atoms in total. The fourth-order valence-electron chi connectivity index (χ4n) is 2.28. The predicted octanol–water partition coefficient (Wildman–Crippen LogP) is 2.35. The van der Waals surface area contributed by atoms with Crippen LogP contribution in [0.25, 0.3) is 11.2 Å². The number of aryl methyl sites for hydroxylation is 2. The molecular weight excluding hydrogens is 226 g/mol. The normalized spacial score (nSPS) is 13.3. The quantitative estimate of drug-likeness (QED) is 0.884. The van der Waals surface area contributed by atoms with Crippen molar-refractivity contribution < 1.29 is 0 Å². The minimum atomic E-state index is 0.592. The summed E-state index contributed by atoms with van der Waals surface area (Å²) in [5.41, 5.74) is 9.13. The van der Waals surface area contributed by atoms with Crippen LogP contribution in [0.5, 0.6) is 0 Å². The first-order valence-corrected chi connectivity index (χ1v) is 6.76. The summed E-state index contributed by atoms with van der Waals surface area (Å²) in [4.78, 5) is 4.50. The van der Waals surface area contributed by atoms with Gasteiger partial charge >= 0.3 is 0 Å². The van der Waals surface area contributed by atoms with Crippen LogP contribution in [-0.4, -0.2) is 19.3 Å². The Morgan fingerprint density at radius 2 is 2.06 bits per heavy atom. The first-order valence-electron chi connectivity index (χ1n) is 6.76. The van der Waals surface area contributed by atoms with Crippen molar-refractivity contribution >= 4 is 17.1 Å². The minimum absolute atomic E-state index is 0.592. The fraction of sp³-hybridized carbons (Fsp3) is 0.692. The highest BCUT2D eigenvalue weighted by Crippen LogP contribution is 2.23. The maximum absolute atomic E-state index is 6.05. The summed E-state index contributed by atoms with van der Waals surface area (Å²) < 4.78 is 4.00. The number of aromatic nitrogens is 4. The number of imidazole rings is 1. The second-order valence-electron chi connectivity index (χ2n) is 5.09. The van der Waals surface area contributed by atoms with Crippen molar-refractivity contribution in [3.8, 4) is 0 Å². The van der Waals surface area contributed by atoms with Gasteiger partial charge < -0.3 is 5.73 Å². The Kier molecular flexibility index (Phi) is 3.59. The number of nitrogens with two attached hydrogens (primary N) is 1. The molecule has 2 aromatic heterocycles. The van der Waals surface area contributed by atoms with Gasteiger partial charge in [-0.05, 0) is 12.3 Å². The molecule has 5 heteroatoms. The van der Waals surface area contributed by atoms with Crippen molar-refractivity contribution in [1.29, 1.82) is 0 Å². The molecule has 0 radical (unpaired) electrons. The van der Waals surface area contributed by atoms with E-state index in [2.05, 4.69) is 35.4 Å². The van der Waals surface area contributed by atoms with Crippen molar-refractivity contribution in [3.63, 3.8) is 0 Å². The Bertz CT molecular complexity index is 537. The molecule has 0 saturated carbocycles. The van der Waals surface area contributed by atoms with Crippen LogP contribution in [0.1, 0.15) is 39.3 Å². The van der Waals surface area contributed by atoms with E-state index in [1.54, 1.807) is 0 Å². The molecule has 0 saturated heterocycles. The van der Waals surface area contributed by atoms with Gasteiger partial charge in [0, 0.05) is 13.6 Å². The zero-order valence-corrected chi connectivity index (χ0v) is 11.8. The van der Waals surface area contributed by atoms with Gasteiger partial charge in [-0.3, -0.25) is 9.25 Å². The van der Waals surface area contributed by atoms with E-state index in [0.29, 0.717) is 11.9 Å². The second kappa shape index (κ2) is 5.00. The maximum atomic E-state index is 6.05. The van der Waals surface area contributed by atoms with Gasteiger partial charge in [-0.15, -0.1) is 0 Å². The van der Waals surface area contributed by atoms with Crippen LogP contribution in [0.3, 0.4) is 0 Å². The first-order chi connectivity index (χ1) is 8.58. The van der Waals surface area contributed by atoms with Gasteiger partial charge in [-0.2, -0.15) is 5.10 Å². The zero-order chi connectivity index (χ0) is 13.3. The first kappa shape index (κ1) is 12.9. The molecule has 0 bridgehead atoms. The highest BCUT2D eigenvalue weighted by Gasteiger charge is 2.18. The van der Waals surface area contributed by atoms with E-state index in [-0.39, 0.29) is 0 Å². The second-order valence-corrected chi connectivity index (χ2v) is 5.09. The van der Waals surface area contributed by atoms with Crippen molar-refractivity contribution in [2.24, 2.45) is 13.0 Å². The lowest BCUT2D eigenvalue weighted by atomic mass is 10.1. The highest BCUT2D eigenvalue weighted by atomic mass is 15.3. The lowest BCUT2D eigenvalue weighted by molar-refractivity contribution is 0.474. The van der Waals surface area contributed by atoms with E-state index in [1.165, 1.54) is 0 Å². The van der Waals surface area contributed by atoms with Crippen LogP contribution in [0, 0.1) is 5.92 Å². The molecule has 18 heavy (non-hydrogen) atoms. The van der Waals surface area contributed by atoms with Crippen LogP contribution in [0.4, 0.5) is 5.95 Å². The topological polar surface area (TPSA) is 61.7 Å². The molecule has 1 unspecified atom stereocenters. The van der Waals surface area contributed by atoms with Crippen molar-refractivity contribution in [2.45, 2.75) is 46.6 Å². The number of rotatable bonds is 5. The predicted molar refractivity (Wildman–Crippen MR) is 74.4 cm³/mol. The summed E-state index contributed by atoms with van der Waals surface area (Å²) in [5, 5.41) is 4.55. The van der Waals surface area contributed by atoms with Crippen LogP contribution in [-0.2, 0) is 20.0 Å². The average Bonchev–Trinajstić information content (AvgIpc) is 2.80. The van der Waals surface area contributed by atoms with Crippen molar-refractivity contribution in [3.05, 3.63) is 5.69 Å². The molecule has 1 atom stereocenters. The third kappa shape index (κ3) is 2.09. The van der Waals surface area contributed by atoms with Crippen LogP contribution in [0.15, 0.2) is 0 Å². The maximum Gasteiger partial charge on any atom is 0.202 e.